The summed E-state index contributed by atoms with van der Waals surface area (Å²) in [6.45, 7) is 8.01. The van der Waals surface area contributed by atoms with Crippen LogP contribution in [-0.2, 0) is 5.41 Å². The van der Waals surface area contributed by atoms with E-state index in [1.165, 1.54) is 6.07 Å². The Morgan fingerprint density at radius 1 is 1.06 bits per heavy atom. The highest BCUT2D eigenvalue weighted by Gasteiger charge is 2.24. The third-order valence-corrected chi connectivity index (χ3v) is 5.11. The molecule has 0 aliphatic carbocycles. The fourth-order valence-electron chi connectivity index (χ4n) is 3.41. The lowest BCUT2D eigenvalue weighted by Crippen LogP contribution is -2.20. The van der Waals surface area contributed by atoms with Crippen molar-refractivity contribution in [3.05, 3.63) is 71.9 Å². The monoisotopic (exact) mass is 459 g/mol. The number of halogens is 1. The van der Waals surface area contributed by atoms with Gasteiger partial charge < -0.3 is 21.4 Å². The molecule has 0 bridgehead atoms. The van der Waals surface area contributed by atoms with E-state index < -0.39 is 11.8 Å². The first-order valence-corrected chi connectivity index (χ1v) is 10.7. The molecule has 2 aromatic heterocycles. The van der Waals surface area contributed by atoms with Crippen LogP contribution in [0.25, 0.3) is 22.6 Å². The van der Waals surface area contributed by atoms with Gasteiger partial charge in [-0.25, -0.2) is 24.1 Å². The van der Waals surface area contributed by atoms with Gasteiger partial charge in [-0.2, -0.15) is 0 Å². The minimum atomic E-state index is -0.567. The van der Waals surface area contributed by atoms with Crippen LogP contribution in [-0.4, -0.2) is 26.0 Å². The van der Waals surface area contributed by atoms with Crippen molar-refractivity contribution in [1.82, 2.24) is 19.9 Å². The van der Waals surface area contributed by atoms with Crippen molar-refractivity contribution in [3.63, 3.8) is 0 Å². The molecule has 8 nitrogen and oxygen atoms in total. The fourth-order valence-corrected chi connectivity index (χ4v) is 3.41. The minimum absolute atomic E-state index is 0.0242. The molecule has 9 heteroatoms. The molecular formula is C25H26FN7O. The van der Waals surface area contributed by atoms with Crippen molar-refractivity contribution in [1.29, 1.82) is 0 Å². The van der Waals surface area contributed by atoms with E-state index in [0.29, 0.717) is 28.3 Å². The molecule has 5 N–H and O–H groups in total. The lowest BCUT2D eigenvalue weighted by atomic mass is 9.96. The van der Waals surface area contributed by atoms with Crippen LogP contribution in [0.15, 0.2) is 54.7 Å². The van der Waals surface area contributed by atoms with Gasteiger partial charge >= 0.3 is 6.03 Å². The third kappa shape index (κ3) is 5.03. The number of amides is 2. The minimum Gasteiger partial charge on any atom is -0.368 e. The largest absolute Gasteiger partial charge is 0.368 e. The van der Waals surface area contributed by atoms with Gasteiger partial charge in [-0.1, -0.05) is 32.9 Å². The van der Waals surface area contributed by atoms with Crippen molar-refractivity contribution < 1.29 is 9.18 Å². The molecule has 0 radical (unpaired) electrons. The second-order valence-corrected chi connectivity index (χ2v) is 9.00. The number of aromatic nitrogens is 4. The van der Waals surface area contributed by atoms with E-state index in [0.717, 1.165) is 11.4 Å². The molecule has 34 heavy (non-hydrogen) atoms. The Bertz CT molecular complexity index is 1360. The van der Waals surface area contributed by atoms with E-state index in [-0.39, 0.29) is 17.1 Å². The smallest absolute Gasteiger partial charge is 0.323 e. The number of aromatic amines is 1. The van der Waals surface area contributed by atoms with Gasteiger partial charge in [-0.05, 0) is 48.9 Å². The Morgan fingerprint density at radius 2 is 1.85 bits per heavy atom. The lowest BCUT2D eigenvalue weighted by Gasteiger charge is -2.14. The van der Waals surface area contributed by atoms with Crippen LogP contribution < -0.4 is 16.4 Å². The highest BCUT2D eigenvalue weighted by Crippen LogP contribution is 2.34. The van der Waals surface area contributed by atoms with Gasteiger partial charge in [0.2, 0.25) is 5.95 Å². The highest BCUT2D eigenvalue weighted by molar-refractivity contribution is 6.00. The Kier molecular flexibility index (Phi) is 6.02. The van der Waals surface area contributed by atoms with Crippen LogP contribution in [0.2, 0.25) is 0 Å². The van der Waals surface area contributed by atoms with Gasteiger partial charge in [-0.15, -0.1) is 0 Å². The quantitative estimate of drug-likeness (QED) is 0.321. The molecule has 4 aromatic rings. The number of carbonyl (C=O) groups is 1. The molecule has 2 aromatic carbocycles. The maximum Gasteiger partial charge on any atom is 0.323 e. The van der Waals surface area contributed by atoms with E-state index in [1.54, 1.807) is 30.5 Å². The van der Waals surface area contributed by atoms with Gasteiger partial charge in [0.25, 0.3) is 0 Å². The molecule has 0 aliphatic heterocycles. The molecule has 0 saturated heterocycles. The molecule has 2 heterocycles. The number of rotatable bonds is 4. The number of H-pyrrole nitrogens is 1. The van der Waals surface area contributed by atoms with Crippen molar-refractivity contribution in [2.45, 2.75) is 33.1 Å². The number of aryl methyl sites for hydroxylation is 1. The molecule has 0 saturated carbocycles. The molecule has 4 rings (SSSR count). The molecule has 0 fully saturated rings. The average molecular weight is 460 g/mol. The maximum absolute atomic E-state index is 14.6. The first kappa shape index (κ1) is 22.9. The second-order valence-electron chi connectivity index (χ2n) is 9.00. The summed E-state index contributed by atoms with van der Waals surface area (Å²) in [6.07, 6.45) is 1.56. The first-order valence-electron chi connectivity index (χ1n) is 10.7. The van der Waals surface area contributed by atoms with E-state index in [4.69, 9.17) is 10.7 Å². The zero-order valence-corrected chi connectivity index (χ0v) is 19.4. The third-order valence-electron chi connectivity index (χ3n) is 5.11. The standard InChI is InChI=1S/C25H26FN7O/c1-14-6-5-7-16(12-14)29-24(34)31-19-13-15(8-9-17(19)26)20-21(18-10-11-28-23(27)30-18)33-22(32-20)25(2,3)4/h5-13H,1-4H3,(H,32,33)(H2,27,28,30)(H2,29,31,34). The number of nitrogen functional groups attached to an aromatic ring is 1. The van der Waals surface area contributed by atoms with Crippen LogP contribution in [0.3, 0.4) is 0 Å². The first-order chi connectivity index (χ1) is 16.1. The maximum atomic E-state index is 14.6. The lowest BCUT2D eigenvalue weighted by molar-refractivity contribution is 0.262. The van der Waals surface area contributed by atoms with E-state index >= 15 is 0 Å². The summed E-state index contributed by atoms with van der Waals surface area (Å²) in [7, 11) is 0. The fraction of sp³-hybridized carbons (Fsp3) is 0.200. The second kappa shape index (κ2) is 8.93. The summed E-state index contributed by atoms with van der Waals surface area (Å²) >= 11 is 0. The number of urea groups is 1. The SMILES string of the molecule is Cc1cccc(NC(=O)Nc2cc(-c3nc(C(C)(C)C)[nH]c3-c3ccnc(N)n3)ccc2F)c1. The summed E-state index contributed by atoms with van der Waals surface area (Å²) in [5, 5.41) is 5.30. The Morgan fingerprint density at radius 3 is 2.56 bits per heavy atom. The number of hydrogen-bond acceptors (Lipinski definition) is 5. The summed E-state index contributed by atoms with van der Waals surface area (Å²) in [4.78, 5) is 28.9. The van der Waals surface area contributed by atoms with Gasteiger partial charge in [-0.3, -0.25) is 0 Å². The molecule has 0 aliphatic rings. The number of anilines is 3. The zero-order valence-electron chi connectivity index (χ0n) is 19.4. The van der Waals surface area contributed by atoms with E-state index in [9.17, 15) is 9.18 Å². The summed E-state index contributed by atoms with van der Waals surface area (Å²) in [5.41, 5.74) is 9.49. The number of hydrogen-bond donors (Lipinski definition) is 4. The number of imidazole rings is 1. The highest BCUT2D eigenvalue weighted by atomic mass is 19.1. The predicted octanol–water partition coefficient (Wildman–Crippen LogP) is 5.50. The molecule has 174 valence electrons. The van der Waals surface area contributed by atoms with E-state index in [2.05, 4.69) is 25.6 Å². The number of benzene rings is 2. The van der Waals surface area contributed by atoms with Crippen molar-refractivity contribution in [3.8, 4) is 22.6 Å². The Hall–Kier alpha value is -4.27. The number of nitrogens with one attached hydrogen (secondary N) is 3. The van der Waals surface area contributed by atoms with Crippen LogP contribution in [0.4, 0.5) is 26.5 Å². The Labute approximate surface area is 196 Å². The molecule has 0 spiro atoms. The molecule has 0 unspecified atom stereocenters. The van der Waals surface area contributed by atoms with Crippen LogP contribution in [0, 0.1) is 12.7 Å². The van der Waals surface area contributed by atoms with Gasteiger partial charge in [0.05, 0.1) is 22.8 Å². The van der Waals surface area contributed by atoms with Crippen molar-refractivity contribution in [2.75, 3.05) is 16.4 Å². The number of carbonyl (C=O) groups excluding carboxylic acids is 1. The normalized spacial score (nSPS) is 11.3. The average Bonchev–Trinajstić information content (AvgIpc) is 3.21. The van der Waals surface area contributed by atoms with Crippen LogP contribution >= 0.6 is 0 Å². The molecule has 2 amide bonds. The summed E-state index contributed by atoms with van der Waals surface area (Å²) in [5.74, 6) is 0.290. The van der Waals surface area contributed by atoms with Gasteiger partial charge in [0.15, 0.2) is 0 Å². The van der Waals surface area contributed by atoms with Crippen molar-refractivity contribution in [2.24, 2.45) is 0 Å². The van der Waals surface area contributed by atoms with Crippen LogP contribution in [0.5, 0.6) is 0 Å². The van der Waals surface area contributed by atoms with Crippen LogP contribution in [0.1, 0.15) is 32.2 Å². The Balaban J connectivity index is 1.70. The van der Waals surface area contributed by atoms with Crippen molar-refractivity contribution >= 4 is 23.4 Å². The van der Waals surface area contributed by atoms with Gasteiger partial charge in [0.1, 0.15) is 11.6 Å². The number of nitrogens with zero attached hydrogens (tertiary/aromatic N) is 3. The summed E-state index contributed by atoms with van der Waals surface area (Å²) < 4.78 is 14.6. The van der Waals surface area contributed by atoms with Gasteiger partial charge in [0, 0.05) is 22.9 Å². The van der Waals surface area contributed by atoms with E-state index in [1.807, 2.05) is 45.9 Å². The topological polar surface area (TPSA) is 122 Å². The summed E-state index contributed by atoms with van der Waals surface area (Å²) in [6, 6.07) is 12.9. The molecule has 0 atom stereocenters. The zero-order chi connectivity index (χ0) is 24.5. The predicted molar refractivity (Wildman–Crippen MR) is 132 cm³/mol. The molecular weight excluding hydrogens is 433 g/mol. The number of nitrogens with two attached hydrogens (primary N) is 1.